The number of oxime groups is 4. The van der Waals surface area contributed by atoms with E-state index < -0.39 is 0 Å². The first-order valence-electron chi connectivity index (χ1n) is 6.61. The molecule has 2 rings (SSSR count). The van der Waals surface area contributed by atoms with Crippen LogP contribution in [0.4, 0.5) is 0 Å². The van der Waals surface area contributed by atoms with Gasteiger partial charge in [0.25, 0.3) is 0 Å². The first-order valence-corrected chi connectivity index (χ1v) is 6.61. The molecule has 0 aromatic carbocycles. The van der Waals surface area contributed by atoms with Crippen molar-refractivity contribution in [3.8, 4) is 0 Å². The first kappa shape index (κ1) is 19.5. The van der Waals surface area contributed by atoms with Gasteiger partial charge in [0, 0.05) is 20.4 Å². The maximum atomic E-state index is 8.39. The molecule has 122 valence electrons. The van der Waals surface area contributed by atoms with Gasteiger partial charge in [-0.3, -0.25) is 0 Å². The normalized spacial score (nSPS) is 26.3. The number of nitrogens with zero attached hydrogens (tertiary/aromatic N) is 4. The van der Waals surface area contributed by atoms with Crippen LogP contribution >= 0.6 is 0 Å². The molecule has 0 atom stereocenters. The quantitative estimate of drug-likeness (QED) is 0.287. The molecule has 0 aromatic rings. The molecule has 2 saturated carbocycles. The molecule has 0 spiro atoms. The predicted octanol–water partition coefficient (Wildman–Crippen LogP) is 2.44. The summed E-state index contributed by atoms with van der Waals surface area (Å²) in [7, 11) is 0. The van der Waals surface area contributed by atoms with Gasteiger partial charge in [-0.15, -0.1) is 0 Å². The van der Waals surface area contributed by atoms with Gasteiger partial charge >= 0.3 is 0 Å². The Labute approximate surface area is 136 Å². The van der Waals surface area contributed by atoms with Gasteiger partial charge in [0.1, 0.15) is 22.8 Å². The second kappa shape index (κ2) is 11.2. The molecular weight excluding hydrogens is 371 g/mol. The molecule has 0 radical (unpaired) electrons. The van der Waals surface area contributed by atoms with Crippen LogP contribution in [0.15, 0.2) is 20.6 Å². The molecule has 0 heterocycles. The van der Waals surface area contributed by atoms with Crippen LogP contribution in [0.25, 0.3) is 0 Å². The minimum absolute atomic E-state index is 0. The van der Waals surface area contributed by atoms with E-state index in [-0.39, 0.29) is 20.4 Å². The summed E-state index contributed by atoms with van der Waals surface area (Å²) in [5, 5.41) is 45.7. The van der Waals surface area contributed by atoms with Gasteiger partial charge in [-0.1, -0.05) is 20.6 Å². The molecule has 0 saturated heterocycles. The number of rotatable bonds is 0. The van der Waals surface area contributed by atoms with E-state index in [1.54, 1.807) is 0 Å². The molecule has 9 heteroatoms. The van der Waals surface area contributed by atoms with E-state index in [0.29, 0.717) is 22.8 Å². The standard InChI is InChI=1S/2C6H10N2O2.Pd/c2*9-7-5-3-1-2-4-6(5)8-10;/h2*9-10H,1-4H2;/b2*7-5+,8-6+;. The zero-order valence-electron chi connectivity index (χ0n) is 11.6. The Kier molecular flexibility index (Phi) is 10.4. The number of hydrogen-bond acceptors (Lipinski definition) is 8. The minimum atomic E-state index is 0. The Morgan fingerprint density at radius 3 is 0.810 bits per heavy atom. The van der Waals surface area contributed by atoms with Crippen molar-refractivity contribution in [2.75, 3.05) is 0 Å². The van der Waals surface area contributed by atoms with E-state index in [2.05, 4.69) is 20.6 Å². The van der Waals surface area contributed by atoms with Gasteiger partial charge in [0.05, 0.1) is 0 Å². The van der Waals surface area contributed by atoms with Crippen LogP contribution < -0.4 is 0 Å². The third-order valence-corrected chi connectivity index (χ3v) is 3.30. The van der Waals surface area contributed by atoms with Crippen molar-refractivity contribution in [3.05, 3.63) is 0 Å². The van der Waals surface area contributed by atoms with Crippen molar-refractivity contribution < 1.29 is 41.3 Å². The average Bonchev–Trinajstić information content (AvgIpc) is 2.55. The van der Waals surface area contributed by atoms with Gasteiger partial charge in [0.2, 0.25) is 0 Å². The van der Waals surface area contributed by atoms with Crippen LogP contribution in [0.5, 0.6) is 0 Å². The van der Waals surface area contributed by atoms with Crippen LogP contribution in [-0.4, -0.2) is 43.7 Å². The summed E-state index contributed by atoms with van der Waals surface area (Å²) in [5.41, 5.74) is 2.09. The molecule has 0 unspecified atom stereocenters. The summed E-state index contributed by atoms with van der Waals surface area (Å²) >= 11 is 0. The topological polar surface area (TPSA) is 130 Å². The molecule has 0 bridgehead atoms. The monoisotopic (exact) mass is 390 g/mol. The molecule has 2 aliphatic carbocycles. The first-order chi connectivity index (χ1) is 9.76. The van der Waals surface area contributed by atoms with Gasteiger partial charge in [-0.2, -0.15) is 0 Å². The van der Waals surface area contributed by atoms with Gasteiger partial charge < -0.3 is 20.8 Å². The zero-order valence-corrected chi connectivity index (χ0v) is 13.1. The SMILES string of the molecule is O/N=C1\CCCC\C1=N/O.O/N=C1\CCCC\C1=N/O.[Pd]. The molecule has 2 fully saturated rings. The molecule has 0 aromatic heterocycles. The van der Waals surface area contributed by atoms with Crippen LogP contribution in [0, 0.1) is 0 Å². The smallest absolute Gasteiger partial charge is 0.104 e. The molecule has 0 aliphatic heterocycles. The van der Waals surface area contributed by atoms with Gasteiger partial charge in [0.15, 0.2) is 0 Å². The van der Waals surface area contributed by atoms with Crippen molar-refractivity contribution >= 4 is 22.8 Å². The summed E-state index contributed by atoms with van der Waals surface area (Å²) in [6, 6.07) is 0. The fourth-order valence-electron chi connectivity index (χ4n) is 2.18. The Morgan fingerprint density at radius 1 is 0.476 bits per heavy atom. The van der Waals surface area contributed by atoms with E-state index in [1.165, 1.54) is 0 Å². The predicted molar refractivity (Wildman–Crippen MR) is 73.8 cm³/mol. The third-order valence-electron chi connectivity index (χ3n) is 3.30. The van der Waals surface area contributed by atoms with E-state index in [1.807, 2.05) is 0 Å². The second-order valence-corrected chi connectivity index (χ2v) is 4.60. The molecule has 8 nitrogen and oxygen atoms in total. The maximum absolute atomic E-state index is 8.39. The van der Waals surface area contributed by atoms with Crippen molar-refractivity contribution in [2.24, 2.45) is 20.6 Å². The number of hydrogen-bond donors (Lipinski definition) is 4. The fraction of sp³-hybridized carbons (Fsp3) is 0.667. The van der Waals surface area contributed by atoms with Crippen LogP contribution in [0.1, 0.15) is 51.4 Å². The molecule has 4 N–H and O–H groups in total. The van der Waals surface area contributed by atoms with E-state index in [9.17, 15) is 0 Å². The van der Waals surface area contributed by atoms with E-state index in [0.717, 1.165) is 51.4 Å². The Hall–Kier alpha value is -1.46. The fourth-order valence-corrected chi connectivity index (χ4v) is 2.18. The Morgan fingerprint density at radius 2 is 0.667 bits per heavy atom. The third kappa shape index (κ3) is 6.23. The van der Waals surface area contributed by atoms with Crippen LogP contribution in [0.2, 0.25) is 0 Å². The van der Waals surface area contributed by atoms with Crippen LogP contribution in [0.3, 0.4) is 0 Å². The molecule has 21 heavy (non-hydrogen) atoms. The van der Waals surface area contributed by atoms with E-state index in [4.69, 9.17) is 20.8 Å². The molecule has 0 amide bonds. The largest absolute Gasteiger partial charge is 0.411 e. The summed E-state index contributed by atoms with van der Waals surface area (Å²) in [6.45, 7) is 0. The van der Waals surface area contributed by atoms with Crippen molar-refractivity contribution in [3.63, 3.8) is 0 Å². The zero-order chi connectivity index (χ0) is 14.8. The minimum Gasteiger partial charge on any atom is -0.411 e. The van der Waals surface area contributed by atoms with Crippen molar-refractivity contribution in [2.45, 2.75) is 51.4 Å². The van der Waals surface area contributed by atoms with Gasteiger partial charge in [-0.25, -0.2) is 0 Å². The molecular formula is C12H20N4O4Pd. The van der Waals surface area contributed by atoms with Gasteiger partial charge in [-0.05, 0) is 51.4 Å². The Balaban J connectivity index is 0.000000364. The maximum Gasteiger partial charge on any atom is 0.104 e. The van der Waals surface area contributed by atoms with E-state index >= 15 is 0 Å². The van der Waals surface area contributed by atoms with Crippen molar-refractivity contribution in [1.82, 2.24) is 0 Å². The summed E-state index contributed by atoms with van der Waals surface area (Å²) in [4.78, 5) is 0. The Bertz CT molecular complexity index is 355. The molecule has 2 aliphatic rings. The summed E-state index contributed by atoms with van der Waals surface area (Å²) in [5.74, 6) is 0. The average molecular weight is 391 g/mol. The summed E-state index contributed by atoms with van der Waals surface area (Å²) < 4.78 is 0. The summed E-state index contributed by atoms with van der Waals surface area (Å²) in [6.07, 6.45) is 6.92. The second-order valence-electron chi connectivity index (χ2n) is 4.60. The van der Waals surface area contributed by atoms with Crippen LogP contribution in [-0.2, 0) is 20.4 Å². The van der Waals surface area contributed by atoms with Crippen molar-refractivity contribution in [1.29, 1.82) is 0 Å².